The summed E-state index contributed by atoms with van der Waals surface area (Å²) in [5.74, 6) is 1.71. The molecule has 0 saturated carbocycles. The monoisotopic (exact) mass is 366 g/mol. The van der Waals surface area contributed by atoms with Gasteiger partial charge < -0.3 is 24.8 Å². The van der Waals surface area contributed by atoms with Crippen molar-refractivity contribution in [2.45, 2.75) is 19.4 Å². The van der Waals surface area contributed by atoms with Crippen molar-refractivity contribution in [3.8, 4) is 17.2 Å². The lowest BCUT2D eigenvalue weighted by Gasteiger charge is -2.18. The fourth-order valence-electron chi connectivity index (χ4n) is 2.33. The van der Waals surface area contributed by atoms with Gasteiger partial charge in [-0.25, -0.2) is 0 Å². The van der Waals surface area contributed by atoms with Gasteiger partial charge >= 0.3 is 0 Å². The lowest BCUT2D eigenvalue weighted by molar-refractivity contribution is 0.324. The molecule has 1 heterocycles. The first-order valence-corrected chi connectivity index (χ1v) is 8.76. The van der Waals surface area contributed by atoms with E-state index in [1.165, 1.54) is 4.88 Å². The van der Waals surface area contributed by atoms with Crippen LogP contribution in [0.25, 0.3) is 0 Å². The number of hydrogen-bond acceptors (Lipinski definition) is 5. The zero-order chi connectivity index (χ0) is 17.5. The van der Waals surface area contributed by atoms with E-state index in [-0.39, 0.29) is 6.04 Å². The molecule has 24 heavy (non-hydrogen) atoms. The summed E-state index contributed by atoms with van der Waals surface area (Å²) in [6.07, 6.45) is 0.925. The predicted octanol–water partition coefficient (Wildman–Crippen LogP) is 3.69. The summed E-state index contributed by atoms with van der Waals surface area (Å²) in [4.78, 5) is 1.32. The molecule has 0 fully saturated rings. The quantitative estimate of drug-likeness (QED) is 0.729. The average molecular weight is 367 g/mol. The first-order chi connectivity index (χ1) is 11.6. The van der Waals surface area contributed by atoms with E-state index in [2.05, 4.69) is 35.1 Å². The number of thiophene rings is 1. The van der Waals surface area contributed by atoms with Gasteiger partial charge in [0, 0.05) is 35.2 Å². The Labute approximate surface area is 151 Å². The number of methoxy groups -OCH3 is 3. The lowest BCUT2D eigenvalue weighted by Crippen LogP contribution is -2.37. The molecule has 2 aromatic rings. The number of benzene rings is 1. The Morgan fingerprint density at radius 1 is 1.17 bits per heavy atom. The SMILES string of the molecule is COc1cc(NC(=S)N[C@@H](C)Cc2cccs2)cc(OC)c1OC. The van der Waals surface area contributed by atoms with Gasteiger partial charge in [-0.2, -0.15) is 0 Å². The van der Waals surface area contributed by atoms with E-state index >= 15 is 0 Å². The number of rotatable bonds is 7. The van der Waals surface area contributed by atoms with Crippen LogP contribution in [0.5, 0.6) is 17.2 Å². The van der Waals surface area contributed by atoms with Crippen molar-refractivity contribution in [2.75, 3.05) is 26.6 Å². The van der Waals surface area contributed by atoms with Crippen molar-refractivity contribution < 1.29 is 14.2 Å². The molecule has 130 valence electrons. The van der Waals surface area contributed by atoms with Crippen molar-refractivity contribution >= 4 is 34.4 Å². The summed E-state index contributed by atoms with van der Waals surface area (Å²) in [5.41, 5.74) is 0.769. The lowest BCUT2D eigenvalue weighted by atomic mass is 10.2. The molecule has 1 aromatic heterocycles. The number of hydrogen-bond donors (Lipinski definition) is 2. The minimum Gasteiger partial charge on any atom is -0.493 e. The second kappa shape index (κ2) is 8.75. The van der Waals surface area contributed by atoms with E-state index in [9.17, 15) is 0 Å². The molecule has 1 aromatic carbocycles. The molecule has 0 amide bonds. The molecule has 2 N–H and O–H groups in total. The van der Waals surface area contributed by atoms with E-state index < -0.39 is 0 Å². The smallest absolute Gasteiger partial charge is 0.203 e. The van der Waals surface area contributed by atoms with Crippen LogP contribution in [0.4, 0.5) is 5.69 Å². The highest BCUT2D eigenvalue weighted by Crippen LogP contribution is 2.39. The fourth-order valence-corrected chi connectivity index (χ4v) is 3.48. The zero-order valence-electron chi connectivity index (χ0n) is 14.2. The Hall–Kier alpha value is -1.99. The third kappa shape index (κ3) is 4.75. The van der Waals surface area contributed by atoms with Gasteiger partial charge in [-0.1, -0.05) is 6.07 Å². The van der Waals surface area contributed by atoms with Crippen LogP contribution in [0.1, 0.15) is 11.8 Å². The van der Waals surface area contributed by atoms with Gasteiger partial charge in [-0.15, -0.1) is 11.3 Å². The molecule has 0 aliphatic heterocycles. The summed E-state index contributed by atoms with van der Waals surface area (Å²) in [5, 5.41) is 9.07. The molecule has 0 aliphatic carbocycles. The molecule has 0 aliphatic rings. The Balaban J connectivity index is 2.02. The molecule has 1 atom stereocenters. The van der Waals surface area contributed by atoms with Crippen molar-refractivity contribution in [3.63, 3.8) is 0 Å². The summed E-state index contributed by atoms with van der Waals surface area (Å²) >= 11 is 7.14. The maximum atomic E-state index is 5.40. The first kappa shape index (κ1) is 18.4. The normalized spacial score (nSPS) is 11.5. The van der Waals surface area contributed by atoms with Gasteiger partial charge in [0.2, 0.25) is 5.75 Å². The Morgan fingerprint density at radius 2 is 1.83 bits per heavy atom. The summed E-state index contributed by atoms with van der Waals surface area (Å²) in [6.45, 7) is 2.10. The van der Waals surface area contributed by atoms with Crippen LogP contribution in [0.15, 0.2) is 29.6 Å². The molecule has 0 spiro atoms. The second-order valence-corrected chi connectivity index (χ2v) is 6.64. The standard InChI is InChI=1S/C17H22N2O3S2/c1-11(8-13-6-5-7-24-13)18-17(23)19-12-9-14(20-2)16(22-4)15(10-12)21-3/h5-7,9-11H,8H2,1-4H3,(H2,18,19,23)/t11-/m0/s1. The largest absolute Gasteiger partial charge is 0.493 e. The highest BCUT2D eigenvalue weighted by molar-refractivity contribution is 7.80. The number of thiocarbonyl (C=S) groups is 1. The molecule has 5 nitrogen and oxygen atoms in total. The van der Waals surface area contributed by atoms with Crippen LogP contribution in [-0.4, -0.2) is 32.5 Å². The topological polar surface area (TPSA) is 51.8 Å². The highest BCUT2D eigenvalue weighted by atomic mass is 32.1. The molecule has 2 rings (SSSR count). The Morgan fingerprint density at radius 3 is 2.33 bits per heavy atom. The van der Waals surface area contributed by atoms with Gasteiger partial charge in [-0.3, -0.25) is 0 Å². The molecule has 0 radical (unpaired) electrons. The van der Waals surface area contributed by atoms with Gasteiger partial charge in [0.05, 0.1) is 21.3 Å². The second-order valence-electron chi connectivity index (χ2n) is 5.20. The van der Waals surface area contributed by atoms with Gasteiger partial charge in [-0.05, 0) is 30.6 Å². The van der Waals surface area contributed by atoms with Gasteiger partial charge in [0.15, 0.2) is 16.6 Å². The van der Waals surface area contributed by atoms with E-state index in [1.54, 1.807) is 32.7 Å². The first-order valence-electron chi connectivity index (χ1n) is 7.47. The minimum atomic E-state index is 0.227. The van der Waals surface area contributed by atoms with Crippen LogP contribution in [0.2, 0.25) is 0 Å². The van der Waals surface area contributed by atoms with Crippen molar-refractivity contribution in [1.29, 1.82) is 0 Å². The maximum Gasteiger partial charge on any atom is 0.203 e. The third-order valence-corrected chi connectivity index (χ3v) is 4.51. The van der Waals surface area contributed by atoms with E-state index in [1.807, 2.05) is 12.1 Å². The predicted molar refractivity (Wildman–Crippen MR) is 103 cm³/mol. The summed E-state index contributed by atoms with van der Waals surface area (Å²) < 4.78 is 16.0. The summed E-state index contributed by atoms with van der Waals surface area (Å²) in [6, 6.07) is 8.04. The molecule has 0 unspecified atom stereocenters. The molecular formula is C17H22N2O3S2. The number of anilines is 1. The van der Waals surface area contributed by atoms with Crippen LogP contribution in [0.3, 0.4) is 0 Å². The van der Waals surface area contributed by atoms with Crippen LogP contribution < -0.4 is 24.8 Å². The van der Waals surface area contributed by atoms with Gasteiger partial charge in [0.25, 0.3) is 0 Å². The fraction of sp³-hybridized carbons (Fsp3) is 0.353. The molecule has 0 bridgehead atoms. The highest BCUT2D eigenvalue weighted by Gasteiger charge is 2.14. The van der Waals surface area contributed by atoms with Crippen molar-refractivity contribution in [1.82, 2.24) is 5.32 Å². The average Bonchev–Trinajstić information content (AvgIpc) is 3.06. The van der Waals surface area contributed by atoms with Gasteiger partial charge in [0.1, 0.15) is 0 Å². The van der Waals surface area contributed by atoms with E-state index in [0.29, 0.717) is 22.4 Å². The van der Waals surface area contributed by atoms with Crippen molar-refractivity contribution in [3.05, 3.63) is 34.5 Å². The van der Waals surface area contributed by atoms with Crippen LogP contribution >= 0.6 is 23.6 Å². The molecule has 0 saturated heterocycles. The van der Waals surface area contributed by atoms with Crippen LogP contribution in [-0.2, 0) is 6.42 Å². The molecule has 7 heteroatoms. The number of ether oxygens (including phenoxy) is 3. The molecular weight excluding hydrogens is 344 g/mol. The summed E-state index contributed by atoms with van der Waals surface area (Å²) in [7, 11) is 4.74. The minimum absolute atomic E-state index is 0.227. The Kier molecular flexibility index (Phi) is 6.69. The third-order valence-electron chi connectivity index (χ3n) is 3.39. The van der Waals surface area contributed by atoms with E-state index in [0.717, 1.165) is 12.1 Å². The van der Waals surface area contributed by atoms with E-state index in [4.69, 9.17) is 26.4 Å². The Bertz CT molecular complexity index is 649. The van der Waals surface area contributed by atoms with Crippen LogP contribution in [0, 0.1) is 0 Å². The van der Waals surface area contributed by atoms with Crippen molar-refractivity contribution in [2.24, 2.45) is 0 Å². The maximum absolute atomic E-state index is 5.40. The zero-order valence-corrected chi connectivity index (χ0v) is 15.8. The number of nitrogens with one attached hydrogen (secondary N) is 2.